The van der Waals surface area contributed by atoms with E-state index in [4.69, 9.17) is 5.73 Å². The molecule has 1 aromatic carbocycles. The van der Waals surface area contributed by atoms with E-state index in [0.29, 0.717) is 18.4 Å². The number of nitrogens with two attached hydrogens (primary N) is 1. The second-order valence-electron chi connectivity index (χ2n) is 7.76. The largest absolute Gasteiger partial charge is 0.340 e. The van der Waals surface area contributed by atoms with Gasteiger partial charge in [0.1, 0.15) is 0 Å². The highest BCUT2D eigenvalue weighted by atomic mass is 16.2. The summed E-state index contributed by atoms with van der Waals surface area (Å²) in [7, 11) is 0. The highest BCUT2D eigenvalue weighted by Gasteiger charge is 2.54. The third kappa shape index (κ3) is 2.34. The van der Waals surface area contributed by atoms with Crippen LogP contribution < -0.4 is 5.73 Å². The number of hydrogen-bond acceptors (Lipinski definition) is 3. The minimum atomic E-state index is -0.600. The Balaban J connectivity index is 1.62. The molecule has 0 radical (unpaired) electrons. The summed E-state index contributed by atoms with van der Waals surface area (Å²) in [6.07, 6.45) is 1.61. The molecule has 2 saturated heterocycles. The molecule has 2 amide bonds. The molecule has 24 heavy (non-hydrogen) atoms. The van der Waals surface area contributed by atoms with E-state index >= 15 is 0 Å². The van der Waals surface area contributed by atoms with Crippen LogP contribution in [0, 0.1) is 18.8 Å². The molecule has 0 spiro atoms. The van der Waals surface area contributed by atoms with Gasteiger partial charge in [-0.05, 0) is 30.9 Å². The Hall–Kier alpha value is -1.88. The van der Waals surface area contributed by atoms with Crippen molar-refractivity contribution in [2.45, 2.75) is 38.3 Å². The first kappa shape index (κ1) is 15.6. The van der Waals surface area contributed by atoms with Gasteiger partial charge in [0.05, 0.1) is 11.6 Å². The fraction of sp³-hybridized carbons (Fsp3) is 0.579. The van der Waals surface area contributed by atoms with E-state index in [9.17, 15) is 9.59 Å². The number of rotatable bonds is 2. The minimum absolute atomic E-state index is 0.0689. The Kier molecular flexibility index (Phi) is 3.46. The SMILES string of the molecule is CC(=O)N1C[C@H]2CN(C(=O)C3(N)CC3)C[C@H]2[C@@H]1c1ccccc1C. The summed E-state index contributed by atoms with van der Waals surface area (Å²) in [5, 5.41) is 0. The highest BCUT2D eigenvalue weighted by molar-refractivity contribution is 5.89. The van der Waals surface area contributed by atoms with Crippen LogP contribution in [0.2, 0.25) is 0 Å². The number of fused-ring (bicyclic) bond motifs is 1. The van der Waals surface area contributed by atoms with Crippen molar-refractivity contribution in [1.82, 2.24) is 9.80 Å². The molecule has 4 rings (SSSR count). The molecule has 2 aliphatic heterocycles. The summed E-state index contributed by atoms with van der Waals surface area (Å²) in [4.78, 5) is 28.7. The Morgan fingerprint density at radius 2 is 1.88 bits per heavy atom. The van der Waals surface area contributed by atoms with Crippen LogP contribution in [0.1, 0.15) is 36.9 Å². The molecule has 0 aromatic heterocycles. The number of amides is 2. The maximum atomic E-state index is 12.6. The van der Waals surface area contributed by atoms with E-state index < -0.39 is 5.54 Å². The number of nitrogens with zero attached hydrogens (tertiary/aromatic N) is 2. The molecule has 2 N–H and O–H groups in total. The molecule has 1 aliphatic carbocycles. The monoisotopic (exact) mass is 327 g/mol. The molecule has 2 heterocycles. The second kappa shape index (κ2) is 5.31. The lowest BCUT2D eigenvalue weighted by Gasteiger charge is -2.30. The Labute approximate surface area is 142 Å². The van der Waals surface area contributed by atoms with Gasteiger partial charge in [-0.1, -0.05) is 24.3 Å². The second-order valence-corrected chi connectivity index (χ2v) is 7.76. The molecule has 5 nitrogen and oxygen atoms in total. The molecule has 1 aromatic rings. The van der Waals surface area contributed by atoms with Crippen molar-refractivity contribution in [2.75, 3.05) is 19.6 Å². The molecule has 3 atom stereocenters. The van der Waals surface area contributed by atoms with Gasteiger partial charge in [-0.2, -0.15) is 0 Å². The molecule has 5 heteroatoms. The van der Waals surface area contributed by atoms with Crippen LogP contribution in [0.3, 0.4) is 0 Å². The van der Waals surface area contributed by atoms with E-state index in [-0.39, 0.29) is 17.9 Å². The Morgan fingerprint density at radius 3 is 2.50 bits per heavy atom. The first-order valence-electron chi connectivity index (χ1n) is 8.82. The number of hydrogen-bond donors (Lipinski definition) is 1. The van der Waals surface area contributed by atoms with E-state index in [1.807, 2.05) is 21.9 Å². The topological polar surface area (TPSA) is 66.6 Å². The predicted octanol–water partition coefficient (Wildman–Crippen LogP) is 1.46. The summed E-state index contributed by atoms with van der Waals surface area (Å²) in [5.74, 6) is 0.883. The summed E-state index contributed by atoms with van der Waals surface area (Å²) < 4.78 is 0. The first-order valence-corrected chi connectivity index (χ1v) is 8.82. The maximum absolute atomic E-state index is 12.6. The predicted molar refractivity (Wildman–Crippen MR) is 91.0 cm³/mol. The number of likely N-dealkylation sites (tertiary alicyclic amines) is 2. The van der Waals surface area contributed by atoms with Crippen molar-refractivity contribution in [3.8, 4) is 0 Å². The zero-order chi connectivity index (χ0) is 17.1. The molecule has 1 saturated carbocycles. The fourth-order valence-electron chi connectivity index (χ4n) is 4.52. The van der Waals surface area contributed by atoms with E-state index in [2.05, 4.69) is 19.1 Å². The molecule has 0 bridgehead atoms. The van der Waals surface area contributed by atoms with Crippen LogP contribution in [-0.4, -0.2) is 46.8 Å². The molecule has 128 valence electrons. The zero-order valence-electron chi connectivity index (χ0n) is 14.4. The van der Waals surface area contributed by atoms with Crippen LogP contribution in [0.5, 0.6) is 0 Å². The van der Waals surface area contributed by atoms with Crippen molar-refractivity contribution in [3.05, 3.63) is 35.4 Å². The number of benzene rings is 1. The molecular weight excluding hydrogens is 302 g/mol. The third-order valence-corrected chi connectivity index (χ3v) is 6.08. The standard InChI is InChI=1S/C19H25N3O2/c1-12-5-3-4-6-15(12)17-16-11-21(18(24)19(20)7-8-19)9-14(16)10-22(17)13(2)23/h3-6,14,16-17H,7-11,20H2,1-2H3/t14-,16-,17+/m1/s1. The summed E-state index contributed by atoms with van der Waals surface area (Å²) in [6, 6.07) is 8.34. The van der Waals surface area contributed by atoms with Gasteiger partial charge in [0.15, 0.2) is 0 Å². The van der Waals surface area contributed by atoms with Gasteiger partial charge in [0.2, 0.25) is 11.8 Å². The zero-order valence-corrected chi connectivity index (χ0v) is 14.4. The van der Waals surface area contributed by atoms with Gasteiger partial charge in [-0.25, -0.2) is 0 Å². The fourth-order valence-corrected chi connectivity index (χ4v) is 4.52. The van der Waals surface area contributed by atoms with Crippen molar-refractivity contribution < 1.29 is 9.59 Å². The maximum Gasteiger partial charge on any atom is 0.242 e. The number of carbonyl (C=O) groups is 2. The lowest BCUT2D eigenvalue weighted by Crippen LogP contribution is -2.46. The van der Waals surface area contributed by atoms with E-state index in [1.54, 1.807) is 6.92 Å². The van der Waals surface area contributed by atoms with Gasteiger partial charge in [-0.15, -0.1) is 0 Å². The normalized spacial score (nSPS) is 30.4. The lowest BCUT2D eigenvalue weighted by molar-refractivity contribution is -0.133. The highest BCUT2D eigenvalue weighted by Crippen LogP contribution is 2.47. The van der Waals surface area contributed by atoms with Crippen molar-refractivity contribution in [1.29, 1.82) is 0 Å². The van der Waals surface area contributed by atoms with Gasteiger partial charge < -0.3 is 15.5 Å². The minimum Gasteiger partial charge on any atom is -0.340 e. The molecule has 3 fully saturated rings. The van der Waals surface area contributed by atoms with Crippen LogP contribution in [0.15, 0.2) is 24.3 Å². The summed E-state index contributed by atoms with van der Waals surface area (Å²) >= 11 is 0. The van der Waals surface area contributed by atoms with E-state index in [0.717, 1.165) is 25.9 Å². The lowest BCUT2D eigenvalue weighted by atomic mass is 9.87. The van der Waals surface area contributed by atoms with Gasteiger partial charge in [-0.3, -0.25) is 9.59 Å². The Bertz CT molecular complexity index is 698. The first-order chi connectivity index (χ1) is 11.4. The van der Waals surface area contributed by atoms with Crippen molar-refractivity contribution in [3.63, 3.8) is 0 Å². The van der Waals surface area contributed by atoms with Gasteiger partial charge in [0, 0.05) is 38.4 Å². The smallest absolute Gasteiger partial charge is 0.242 e. The third-order valence-electron chi connectivity index (χ3n) is 6.08. The van der Waals surface area contributed by atoms with Crippen LogP contribution in [0.4, 0.5) is 0 Å². The van der Waals surface area contributed by atoms with Gasteiger partial charge >= 0.3 is 0 Å². The van der Waals surface area contributed by atoms with E-state index in [1.165, 1.54) is 11.1 Å². The molecule has 0 unspecified atom stereocenters. The van der Waals surface area contributed by atoms with Gasteiger partial charge in [0.25, 0.3) is 0 Å². The quantitative estimate of drug-likeness (QED) is 0.894. The average molecular weight is 327 g/mol. The molecule has 3 aliphatic rings. The van der Waals surface area contributed by atoms with Crippen molar-refractivity contribution >= 4 is 11.8 Å². The molecular formula is C19H25N3O2. The summed E-state index contributed by atoms with van der Waals surface area (Å²) in [5.41, 5.74) is 7.93. The van der Waals surface area contributed by atoms with Crippen LogP contribution in [-0.2, 0) is 9.59 Å². The number of carbonyl (C=O) groups excluding carboxylic acids is 2. The number of aryl methyl sites for hydroxylation is 1. The van der Waals surface area contributed by atoms with Crippen LogP contribution in [0.25, 0.3) is 0 Å². The van der Waals surface area contributed by atoms with Crippen molar-refractivity contribution in [2.24, 2.45) is 17.6 Å². The Morgan fingerprint density at radius 1 is 1.17 bits per heavy atom. The summed E-state index contributed by atoms with van der Waals surface area (Å²) in [6.45, 7) is 5.92. The average Bonchev–Trinajstić information content (AvgIpc) is 3.02. The van der Waals surface area contributed by atoms with Crippen LogP contribution >= 0.6 is 0 Å².